The summed E-state index contributed by atoms with van der Waals surface area (Å²) >= 11 is 0. The van der Waals surface area contributed by atoms with Gasteiger partial charge < -0.3 is 20.1 Å². The van der Waals surface area contributed by atoms with Crippen LogP contribution in [0.25, 0.3) is 10.9 Å². The molecule has 1 atom stereocenters. The van der Waals surface area contributed by atoms with Crippen molar-refractivity contribution in [1.29, 1.82) is 0 Å². The molecule has 1 amide bonds. The Morgan fingerprint density at radius 2 is 2.03 bits per heavy atom. The number of carbonyl (C=O) groups excluding carboxylic acids is 1. The minimum atomic E-state index is -0.599. The van der Waals surface area contributed by atoms with Crippen LogP contribution in [0.4, 0.5) is 0 Å². The molecule has 1 aliphatic rings. The molecule has 0 radical (unpaired) electrons. The fraction of sp³-hybridized carbons (Fsp3) is 0.583. The molecular weight excluding hydrogens is 392 g/mol. The highest BCUT2D eigenvalue weighted by Crippen LogP contribution is 2.12. The van der Waals surface area contributed by atoms with E-state index >= 15 is 0 Å². The lowest BCUT2D eigenvalue weighted by Gasteiger charge is -2.29. The van der Waals surface area contributed by atoms with Crippen molar-refractivity contribution in [2.75, 3.05) is 59.0 Å². The number of rotatable bonds is 12. The van der Waals surface area contributed by atoms with Crippen LogP contribution in [0.2, 0.25) is 0 Å². The van der Waals surface area contributed by atoms with E-state index in [4.69, 9.17) is 4.74 Å². The first-order valence-corrected chi connectivity index (χ1v) is 11.5. The molecule has 0 saturated carbocycles. The molecule has 170 valence electrons. The van der Waals surface area contributed by atoms with Crippen LogP contribution in [0.5, 0.6) is 0 Å². The highest BCUT2D eigenvalue weighted by atomic mass is 16.5. The van der Waals surface area contributed by atoms with Crippen LogP contribution in [0.15, 0.2) is 36.5 Å². The summed E-state index contributed by atoms with van der Waals surface area (Å²) in [5.74, 6) is -0.204. The van der Waals surface area contributed by atoms with Gasteiger partial charge in [-0.1, -0.05) is 31.5 Å². The highest BCUT2D eigenvalue weighted by molar-refractivity contribution is 5.97. The third kappa shape index (κ3) is 7.85. The van der Waals surface area contributed by atoms with Crippen molar-refractivity contribution in [2.45, 2.75) is 32.3 Å². The van der Waals surface area contributed by atoms with Gasteiger partial charge in [-0.2, -0.15) is 0 Å². The molecule has 7 nitrogen and oxygen atoms in total. The number of aromatic nitrogens is 1. The monoisotopic (exact) mass is 428 g/mol. The topological polar surface area (TPSA) is 77.9 Å². The summed E-state index contributed by atoms with van der Waals surface area (Å²) in [4.78, 5) is 21.6. The maximum Gasteiger partial charge on any atom is 0.252 e. The van der Waals surface area contributed by atoms with E-state index in [1.807, 2.05) is 30.3 Å². The Kier molecular flexibility index (Phi) is 9.68. The molecule has 1 fully saturated rings. The molecule has 1 aromatic carbocycles. The normalized spacial score (nSPS) is 16.0. The molecule has 7 heteroatoms. The third-order valence-corrected chi connectivity index (χ3v) is 5.70. The van der Waals surface area contributed by atoms with Crippen LogP contribution in [0.1, 0.15) is 36.5 Å². The Morgan fingerprint density at radius 3 is 2.84 bits per heavy atom. The van der Waals surface area contributed by atoms with Crippen LogP contribution in [0.3, 0.4) is 0 Å². The second-order valence-electron chi connectivity index (χ2n) is 8.24. The molecule has 2 aromatic rings. The van der Waals surface area contributed by atoms with Gasteiger partial charge in [-0.3, -0.25) is 14.7 Å². The van der Waals surface area contributed by atoms with Gasteiger partial charge in [0.05, 0.1) is 30.4 Å². The molecule has 1 saturated heterocycles. The zero-order valence-electron chi connectivity index (χ0n) is 18.6. The molecule has 3 rings (SSSR count). The van der Waals surface area contributed by atoms with Crippen LogP contribution >= 0.6 is 0 Å². The van der Waals surface area contributed by atoms with Gasteiger partial charge in [-0.15, -0.1) is 0 Å². The van der Waals surface area contributed by atoms with Gasteiger partial charge in [0.2, 0.25) is 0 Å². The molecule has 1 aromatic heterocycles. The average Bonchev–Trinajstić information content (AvgIpc) is 2.81. The molecule has 0 spiro atoms. The van der Waals surface area contributed by atoms with E-state index < -0.39 is 6.10 Å². The lowest BCUT2D eigenvalue weighted by molar-refractivity contribution is 0.0350. The Hall–Kier alpha value is -2.06. The number of unbranched alkanes of at least 4 members (excludes halogenated alkanes) is 1. The number of fused-ring (bicyclic) bond motifs is 1. The fourth-order valence-electron chi connectivity index (χ4n) is 3.89. The Balaban J connectivity index is 1.43. The Labute approximate surface area is 185 Å². The molecule has 31 heavy (non-hydrogen) atoms. The highest BCUT2D eigenvalue weighted by Gasteiger charge is 2.15. The average molecular weight is 429 g/mol. The van der Waals surface area contributed by atoms with Crippen molar-refractivity contribution in [3.63, 3.8) is 0 Å². The van der Waals surface area contributed by atoms with Crippen molar-refractivity contribution in [1.82, 2.24) is 20.1 Å². The maximum absolute atomic E-state index is 12.5. The minimum Gasteiger partial charge on any atom is -0.390 e. The number of nitrogens with zero attached hydrogens (tertiary/aromatic N) is 3. The molecule has 2 N–H and O–H groups in total. The van der Waals surface area contributed by atoms with Crippen molar-refractivity contribution < 1.29 is 14.6 Å². The summed E-state index contributed by atoms with van der Waals surface area (Å²) in [6.07, 6.45) is 4.30. The van der Waals surface area contributed by atoms with Crippen LogP contribution in [-0.2, 0) is 4.74 Å². The predicted octanol–water partition coefficient (Wildman–Crippen LogP) is 2.15. The number of morpholine rings is 1. The van der Waals surface area contributed by atoms with Gasteiger partial charge in [0.1, 0.15) is 0 Å². The van der Waals surface area contributed by atoms with E-state index in [9.17, 15) is 9.90 Å². The fourth-order valence-corrected chi connectivity index (χ4v) is 3.89. The first kappa shape index (κ1) is 23.6. The van der Waals surface area contributed by atoms with Crippen molar-refractivity contribution >= 4 is 16.8 Å². The molecule has 0 bridgehead atoms. The number of carbonyl (C=O) groups is 1. The smallest absolute Gasteiger partial charge is 0.252 e. The van der Waals surface area contributed by atoms with E-state index in [-0.39, 0.29) is 12.5 Å². The second kappa shape index (κ2) is 12.7. The lowest BCUT2D eigenvalue weighted by Crippen LogP contribution is -2.42. The van der Waals surface area contributed by atoms with E-state index in [2.05, 4.69) is 27.0 Å². The van der Waals surface area contributed by atoms with Crippen LogP contribution in [0, 0.1) is 0 Å². The van der Waals surface area contributed by atoms with E-state index in [1.165, 1.54) is 0 Å². The summed E-state index contributed by atoms with van der Waals surface area (Å²) in [5.41, 5.74) is 1.38. The van der Waals surface area contributed by atoms with Gasteiger partial charge in [0, 0.05) is 37.8 Å². The molecule has 1 aliphatic heterocycles. The number of aliphatic hydroxyl groups excluding tert-OH is 1. The largest absolute Gasteiger partial charge is 0.390 e. The van der Waals surface area contributed by atoms with Crippen LogP contribution in [-0.4, -0.2) is 90.9 Å². The number of aliphatic hydroxyl groups is 1. The SMILES string of the molecule is CCCCN(CCCN1CCOCC1)CC(O)CNC(=O)c1cnc2ccccc2c1. The summed E-state index contributed by atoms with van der Waals surface area (Å²) in [6, 6.07) is 9.56. The number of pyridine rings is 1. The van der Waals surface area contributed by atoms with Gasteiger partial charge in [-0.25, -0.2) is 0 Å². The van der Waals surface area contributed by atoms with Gasteiger partial charge in [-0.05, 0) is 44.6 Å². The molecule has 1 unspecified atom stereocenters. The number of hydrogen-bond acceptors (Lipinski definition) is 6. The second-order valence-corrected chi connectivity index (χ2v) is 8.24. The van der Waals surface area contributed by atoms with Gasteiger partial charge >= 0.3 is 0 Å². The molecule has 2 heterocycles. The lowest BCUT2D eigenvalue weighted by atomic mass is 10.1. The number of hydrogen-bond donors (Lipinski definition) is 2. The van der Waals surface area contributed by atoms with Gasteiger partial charge in [0.15, 0.2) is 0 Å². The summed E-state index contributed by atoms with van der Waals surface area (Å²) in [5, 5.41) is 14.3. The van der Waals surface area contributed by atoms with Crippen molar-refractivity contribution in [3.05, 3.63) is 42.1 Å². The maximum atomic E-state index is 12.5. The summed E-state index contributed by atoms with van der Waals surface area (Å²) in [6.45, 7) is 9.64. The summed E-state index contributed by atoms with van der Waals surface area (Å²) in [7, 11) is 0. The Morgan fingerprint density at radius 1 is 1.26 bits per heavy atom. The standard InChI is InChI=1S/C24H36N4O3/c1-2-3-9-28(11-6-10-27-12-14-31-15-13-27)19-22(29)18-26-24(30)21-16-20-7-4-5-8-23(20)25-17-21/h4-5,7-8,16-17,22,29H,2-3,6,9-15,18-19H2,1H3,(H,26,30). The van der Waals surface area contributed by atoms with Crippen molar-refractivity contribution in [3.8, 4) is 0 Å². The number of para-hydroxylation sites is 1. The summed E-state index contributed by atoms with van der Waals surface area (Å²) < 4.78 is 5.41. The molecular formula is C24H36N4O3. The predicted molar refractivity (Wildman–Crippen MR) is 123 cm³/mol. The Bertz CT molecular complexity index is 810. The van der Waals surface area contributed by atoms with E-state index in [1.54, 1.807) is 6.20 Å². The number of nitrogens with one attached hydrogen (secondary N) is 1. The van der Waals surface area contributed by atoms with E-state index in [0.29, 0.717) is 12.1 Å². The zero-order chi connectivity index (χ0) is 21.9. The molecule has 0 aliphatic carbocycles. The number of ether oxygens (including phenoxy) is 1. The minimum absolute atomic E-state index is 0.204. The number of amides is 1. The first-order valence-electron chi connectivity index (χ1n) is 11.5. The van der Waals surface area contributed by atoms with Gasteiger partial charge in [0.25, 0.3) is 5.91 Å². The third-order valence-electron chi connectivity index (χ3n) is 5.70. The first-order chi connectivity index (χ1) is 15.2. The zero-order valence-corrected chi connectivity index (χ0v) is 18.6. The quantitative estimate of drug-likeness (QED) is 0.539. The van der Waals surface area contributed by atoms with Crippen molar-refractivity contribution in [2.24, 2.45) is 0 Å². The number of benzene rings is 1. The van der Waals surface area contributed by atoms with E-state index in [0.717, 1.165) is 76.1 Å². The van der Waals surface area contributed by atoms with Crippen LogP contribution < -0.4 is 5.32 Å².